The van der Waals surface area contributed by atoms with E-state index < -0.39 is 24.3 Å². The minimum atomic E-state index is -4.21. The molecule has 1 aliphatic heterocycles. The number of aliphatic hydroxyl groups is 1. The molecule has 1 aliphatic carbocycles. The Morgan fingerprint density at radius 2 is 2.00 bits per heavy atom. The van der Waals surface area contributed by atoms with Crippen LogP contribution in [0.25, 0.3) is 0 Å². The molecule has 1 saturated heterocycles. The molecule has 21 heavy (non-hydrogen) atoms. The molecule has 1 heterocycles. The predicted octanol–water partition coefficient (Wildman–Crippen LogP) is 1.08. The molecule has 2 fully saturated rings. The van der Waals surface area contributed by atoms with E-state index in [4.69, 9.17) is 0 Å². The number of rotatable bonds is 5. The molecule has 5 nitrogen and oxygen atoms in total. The van der Waals surface area contributed by atoms with Crippen molar-refractivity contribution in [2.45, 2.75) is 43.9 Å². The van der Waals surface area contributed by atoms with Gasteiger partial charge in [-0.2, -0.15) is 13.2 Å². The Morgan fingerprint density at radius 3 is 2.52 bits per heavy atom. The maximum atomic E-state index is 12.3. The fraction of sp³-hybridized carbons (Fsp3) is 0.923. The average Bonchev–Trinajstić information content (AvgIpc) is 3.12. The molecule has 8 heteroatoms. The van der Waals surface area contributed by atoms with Gasteiger partial charge in [0.1, 0.15) is 0 Å². The van der Waals surface area contributed by atoms with Crippen LogP contribution < -0.4 is 10.6 Å². The summed E-state index contributed by atoms with van der Waals surface area (Å²) in [6.07, 6.45) is -1.76. The van der Waals surface area contributed by atoms with Gasteiger partial charge in [0, 0.05) is 19.1 Å². The standard InChI is InChI=1S/C13H22F3N3O2/c1-12(8-20,9-2-3-9)18-11(21)17-10-4-5-19(6-10)7-13(14,15)16/h9-10,20H,2-8H2,1H3,(H2,17,18,21). The highest BCUT2D eigenvalue weighted by molar-refractivity contribution is 5.75. The van der Waals surface area contributed by atoms with Gasteiger partial charge in [-0.1, -0.05) is 0 Å². The second-order valence-corrected chi connectivity index (χ2v) is 6.28. The first-order valence-electron chi connectivity index (χ1n) is 7.20. The SMILES string of the molecule is CC(CO)(NC(=O)NC1CCN(CC(F)(F)F)C1)C1CC1. The number of urea groups is 1. The molecule has 1 saturated carbocycles. The molecule has 0 radical (unpaired) electrons. The van der Waals surface area contributed by atoms with E-state index in [1.165, 1.54) is 4.90 Å². The molecule has 122 valence electrons. The molecule has 3 N–H and O–H groups in total. The largest absolute Gasteiger partial charge is 0.401 e. The van der Waals surface area contributed by atoms with E-state index >= 15 is 0 Å². The molecule has 0 aromatic rings. The Labute approximate surface area is 121 Å². The van der Waals surface area contributed by atoms with Crippen LogP contribution in [-0.4, -0.2) is 60.0 Å². The van der Waals surface area contributed by atoms with E-state index in [2.05, 4.69) is 10.6 Å². The van der Waals surface area contributed by atoms with E-state index in [1.54, 1.807) is 6.92 Å². The highest BCUT2D eigenvalue weighted by Gasteiger charge is 2.42. The number of carbonyl (C=O) groups is 1. The third-order valence-corrected chi connectivity index (χ3v) is 4.22. The first kappa shape index (κ1) is 16.4. The number of nitrogens with one attached hydrogen (secondary N) is 2. The monoisotopic (exact) mass is 309 g/mol. The Hall–Kier alpha value is -1.02. The van der Waals surface area contributed by atoms with Gasteiger partial charge >= 0.3 is 12.2 Å². The third kappa shape index (κ3) is 4.74. The summed E-state index contributed by atoms with van der Waals surface area (Å²) in [5, 5.41) is 14.9. The van der Waals surface area contributed by atoms with Crippen molar-refractivity contribution in [3.63, 3.8) is 0 Å². The van der Waals surface area contributed by atoms with Crippen LogP contribution in [0, 0.1) is 5.92 Å². The maximum Gasteiger partial charge on any atom is 0.401 e. The Morgan fingerprint density at radius 1 is 1.33 bits per heavy atom. The van der Waals surface area contributed by atoms with Gasteiger partial charge in [-0.25, -0.2) is 4.79 Å². The van der Waals surface area contributed by atoms with Crippen LogP contribution in [0.5, 0.6) is 0 Å². The summed E-state index contributed by atoms with van der Waals surface area (Å²) >= 11 is 0. The molecule has 2 atom stereocenters. The number of amides is 2. The van der Waals surface area contributed by atoms with Gasteiger partial charge in [0.2, 0.25) is 0 Å². The Bertz CT molecular complexity index is 387. The van der Waals surface area contributed by atoms with Crippen LogP contribution in [0.4, 0.5) is 18.0 Å². The number of hydrogen-bond donors (Lipinski definition) is 3. The van der Waals surface area contributed by atoms with E-state index in [9.17, 15) is 23.1 Å². The highest BCUT2D eigenvalue weighted by Crippen LogP contribution is 2.39. The average molecular weight is 309 g/mol. The van der Waals surface area contributed by atoms with Gasteiger partial charge in [0.25, 0.3) is 0 Å². The molecule has 2 unspecified atom stereocenters. The lowest BCUT2D eigenvalue weighted by Gasteiger charge is -2.29. The fourth-order valence-corrected chi connectivity index (χ4v) is 2.82. The van der Waals surface area contributed by atoms with Crippen LogP contribution in [0.15, 0.2) is 0 Å². The highest BCUT2D eigenvalue weighted by atomic mass is 19.4. The smallest absolute Gasteiger partial charge is 0.394 e. The summed E-state index contributed by atoms with van der Waals surface area (Å²) in [5.74, 6) is 0.276. The molecule has 2 rings (SSSR count). The fourth-order valence-electron chi connectivity index (χ4n) is 2.82. The second-order valence-electron chi connectivity index (χ2n) is 6.28. The molecule has 2 amide bonds. The van der Waals surface area contributed by atoms with Crippen molar-refractivity contribution >= 4 is 6.03 Å². The van der Waals surface area contributed by atoms with Gasteiger partial charge < -0.3 is 15.7 Å². The van der Waals surface area contributed by atoms with Crippen LogP contribution >= 0.6 is 0 Å². The zero-order chi connectivity index (χ0) is 15.7. The van der Waals surface area contributed by atoms with Crippen LogP contribution in [0.3, 0.4) is 0 Å². The summed E-state index contributed by atoms with van der Waals surface area (Å²) in [7, 11) is 0. The number of carbonyl (C=O) groups excluding carboxylic acids is 1. The quantitative estimate of drug-likeness (QED) is 0.712. The van der Waals surface area contributed by atoms with E-state index in [0.717, 1.165) is 12.8 Å². The number of nitrogens with zero attached hydrogens (tertiary/aromatic N) is 1. The number of aliphatic hydroxyl groups excluding tert-OH is 1. The molecule has 0 aromatic heterocycles. The number of halogens is 3. The minimum absolute atomic E-state index is 0.143. The van der Waals surface area contributed by atoms with Crippen LogP contribution in [0.2, 0.25) is 0 Å². The number of likely N-dealkylation sites (tertiary alicyclic amines) is 1. The van der Waals surface area contributed by atoms with E-state index in [-0.39, 0.29) is 25.1 Å². The number of hydrogen-bond acceptors (Lipinski definition) is 3. The predicted molar refractivity (Wildman–Crippen MR) is 70.8 cm³/mol. The van der Waals surface area contributed by atoms with Gasteiger partial charge in [-0.15, -0.1) is 0 Å². The van der Waals surface area contributed by atoms with Crippen molar-refractivity contribution in [3.8, 4) is 0 Å². The Balaban J connectivity index is 1.76. The van der Waals surface area contributed by atoms with Crippen molar-refractivity contribution in [3.05, 3.63) is 0 Å². The molecular weight excluding hydrogens is 287 g/mol. The van der Waals surface area contributed by atoms with E-state index in [1.807, 2.05) is 0 Å². The van der Waals surface area contributed by atoms with Gasteiger partial charge in [-0.3, -0.25) is 4.90 Å². The number of alkyl halides is 3. The lowest BCUT2D eigenvalue weighted by atomic mass is 9.97. The van der Waals surface area contributed by atoms with E-state index in [0.29, 0.717) is 13.0 Å². The van der Waals surface area contributed by atoms with Crippen molar-refractivity contribution < 1.29 is 23.1 Å². The van der Waals surface area contributed by atoms with Crippen LogP contribution in [-0.2, 0) is 0 Å². The summed E-state index contributed by atoms with van der Waals surface area (Å²) in [5.41, 5.74) is -0.644. The minimum Gasteiger partial charge on any atom is -0.394 e. The molecule has 2 aliphatic rings. The topological polar surface area (TPSA) is 64.6 Å². The summed E-state index contributed by atoms with van der Waals surface area (Å²) in [6, 6.07) is -0.702. The van der Waals surface area contributed by atoms with Gasteiger partial charge in [-0.05, 0) is 32.1 Å². The van der Waals surface area contributed by atoms with Crippen molar-refractivity contribution in [2.24, 2.45) is 5.92 Å². The maximum absolute atomic E-state index is 12.3. The third-order valence-electron chi connectivity index (χ3n) is 4.22. The zero-order valence-electron chi connectivity index (χ0n) is 12.0. The lowest BCUT2D eigenvalue weighted by molar-refractivity contribution is -0.143. The summed E-state index contributed by atoms with van der Waals surface area (Å²) < 4.78 is 36.9. The lowest BCUT2D eigenvalue weighted by Crippen LogP contribution is -2.56. The zero-order valence-corrected chi connectivity index (χ0v) is 12.0. The normalized spacial score (nSPS) is 26.4. The molecule has 0 bridgehead atoms. The molecular formula is C13H22F3N3O2. The molecule has 0 aromatic carbocycles. The second kappa shape index (κ2) is 6.00. The molecule has 0 spiro atoms. The first-order chi connectivity index (χ1) is 9.72. The van der Waals surface area contributed by atoms with Gasteiger partial charge in [0.15, 0.2) is 0 Å². The first-order valence-corrected chi connectivity index (χ1v) is 7.20. The summed E-state index contributed by atoms with van der Waals surface area (Å²) in [6.45, 7) is 1.23. The van der Waals surface area contributed by atoms with Crippen LogP contribution in [0.1, 0.15) is 26.2 Å². The Kier molecular flexibility index (Phi) is 4.67. The van der Waals surface area contributed by atoms with Crippen molar-refractivity contribution in [1.29, 1.82) is 0 Å². The van der Waals surface area contributed by atoms with Crippen molar-refractivity contribution in [2.75, 3.05) is 26.2 Å². The van der Waals surface area contributed by atoms with Gasteiger partial charge in [0.05, 0.1) is 18.7 Å². The summed E-state index contributed by atoms with van der Waals surface area (Å²) in [4.78, 5) is 13.2. The van der Waals surface area contributed by atoms with Crippen molar-refractivity contribution in [1.82, 2.24) is 15.5 Å².